The number of hydrogen-bond donors (Lipinski definition) is 1. The van der Waals surface area contributed by atoms with Crippen molar-refractivity contribution in [3.05, 3.63) is 34.6 Å². The van der Waals surface area contributed by atoms with Gasteiger partial charge in [-0.3, -0.25) is 4.79 Å². The number of nitrogens with zero attached hydrogens (tertiary/aromatic N) is 3. The molecule has 1 N–H and O–H groups in total. The lowest BCUT2D eigenvalue weighted by Gasteiger charge is -2.13. The van der Waals surface area contributed by atoms with Gasteiger partial charge in [-0.25, -0.2) is 0 Å². The van der Waals surface area contributed by atoms with Crippen molar-refractivity contribution in [3.8, 4) is 11.4 Å². The van der Waals surface area contributed by atoms with Crippen LogP contribution in [-0.2, 0) is 6.18 Å². The van der Waals surface area contributed by atoms with Crippen molar-refractivity contribution < 1.29 is 22.8 Å². The molecule has 3 rings (SSSR count). The van der Waals surface area contributed by atoms with E-state index in [1.807, 2.05) is 0 Å². The molecular weight excluding hydrogens is 303 g/mol. The molecule has 1 fully saturated rings. The van der Waals surface area contributed by atoms with Crippen molar-refractivity contribution in [1.29, 1.82) is 0 Å². The number of alkyl halides is 3. The summed E-state index contributed by atoms with van der Waals surface area (Å²) in [5.74, 6) is -1.74. The number of rotatable bonds is 2. The highest BCUT2D eigenvalue weighted by atomic mass is 19.4. The van der Waals surface area contributed by atoms with Crippen LogP contribution in [0.4, 0.5) is 13.2 Å². The van der Waals surface area contributed by atoms with Crippen LogP contribution < -0.4 is 5.56 Å². The van der Waals surface area contributed by atoms with Crippen LogP contribution in [0.3, 0.4) is 0 Å². The lowest BCUT2D eigenvalue weighted by molar-refractivity contribution is -0.159. The molecule has 1 aliphatic carbocycles. The molecule has 2 atom stereocenters. The number of aromatic nitrogens is 3. The maximum absolute atomic E-state index is 12.4. The van der Waals surface area contributed by atoms with Crippen molar-refractivity contribution in [2.75, 3.05) is 0 Å². The largest absolute Gasteiger partial charge is 0.471 e. The Morgan fingerprint density at radius 3 is 2.68 bits per heavy atom. The Bertz CT molecular complexity index is 738. The van der Waals surface area contributed by atoms with Crippen LogP contribution in [0.15, 0.2) is 27.6 Å². The van der Waals surface area contributed by atoms with Gasteiger partial charge in [0.05, 0.1) is 6.10 Å². The first-order chi connectivity index (χ1) is 10.3. The van der Waals surface area contributed by atoms with Gasteiger partial charge in [-0.2, -0.15) is 18.2 Å². The van der Waals surface area contributed by atoms with Crippen LogP contribution in [0.25, 0.3) is 11.4 Å². The zero-order chi connectivity index (χ0) is 15.9. The molecule has 6 nitrogen and oxygen atoms in total. The summed E-state index contributed by atoms with van der Waals surface area (Å²) >= 11 is 0. The molecule has 1 saturated carbocycles. The minimum absolute atomic E-state index is 0.104. The highest BCUT2D eigenvalue weighted by Crippen LogP contribution is 2.30. The van der Waals surface area contributed by atoms with E-state index in [0.717, 1.165) is 6.07 Å². The van der Waals surface area contributed by atoms with Crippen molar-refractivity contribution in [1.82, 2.24) is 14.7 Å². The summed E-state index contributed by atoms with van der Waals surface area (Å²) in [7, 11) is 0. The fraction of sp³-hybridized carbons (Fsp3) is 0.462. The Labute approximate surface area is 122 Å². The number of hydrogen-bond acceptors (Lipinski definition) is 5. The van der Waals surface area contributed by atoms with E-state index in [0.29, 0.717) is 19.3 Å². The minimum Gasteiger partial charge on any atom is -0.393 e. The van der Waals surface area contributed by atoms with E-state index in [9.17, 15) is 23.1 Å². The predicted octanol–water partition coefficient (Wildman–Crippen LogP) is 2.00. The predicted molar refractivity (Wildman–Crippen MR) is 67.9 cm³/mol. The quantitative estimate of drug-likeness (QED) is 0.917. The Balaban J connectivity index is 1.89. The van der Waals surface area contributed by atoms with Crippen LogP contribution in [0.1, 0.15) is 31.2 Å². The van der Waals surface area contributed by atoms with E-state index in [1.165, 1.54) is 16.8 Å². The molecule has 1 aliphatic rings. The minimum atomic E-state index is -4.72. The molecule has 22 heavy (non-hydrogen) atoms. The van der Waals surface area contributed by atoms with Gasteiger partial charge in [-0.1, -0.05) is 5.16 Å². The molecule has 0 aromatic carbocycles. The van der Waals surface area contributed by atoms with E-state index >= 15 is 0 Å². The first-order valence-electron chi connectivity index (χ1n) is 6.66. The lowest BCUT2D eigenvalue weighted by atomic mass is 10.2. The second-order valence-corrected chi connectivity index (χ2v) is 5.20. The van der Waals surface area contributed by atoms with Gasteiger partial charge < -0.3 is 14.2 Å². The standard InChI is InChI=1S/C13H12F3N3O3/c14-13(15,16)12-17-11(18-22-12)7-3-4-19(10(21)5-7)8-1-2-9(20)6-8/h3-5,8-9,20H,1-2,6H2. The molecule has 0 spiro atoms. The molecule has 2 heterocycles. The van der Waals surface area contributed by atoms with Gasteiger partial charge in [0.1, 0.15) is 0 Å². The maximum atomic E-state index is 12.4. The number of pyridine rings is 1. The fourth-order valence-electron chi connectivity index (χ4n) is 2.57. The van der Waals surface area contributed by atoms with E-state index in [2.05, 4.69) is 14.7 Å². The fourth-order valence-corrected chi connectivity index (χ4v) is 2.57. The zero-order valence-electron chi connectivity index (χ0n) is 11.2. The van der Waals surface area contributed by atoms with Gasteiger partial charge in [0.25, 0.3) is 5.56 Å². The molecule has 0 radical (unpaired) electrons. The third-order valence-electron chi connectivity index (χ3n) is 3.65. The Hall–Kier alpha value is -2.16. The second kappa shape index (κ2) is 5.24. The Morgan fingerprint density at radius 1 is 1.36 bits per heavy atom. The molecule has 9 heteroatoms. The summed E-state index contributed by atoms with van der Waals surface area (Å²) in [6, 6.07) is 2.51. The van der Waals surface area contributed by atoms with Gasteiger partial charge in [0.2, 0.25) is 5.82 Å². The van der Waals surface area contributed by atoms with E-state index < -0.39 is 18.2 Å². The van der Waals surface area contributed by atoms with Crippen molar-refractivity contribution in [2.24, 2.45) is 0 Å². The summed E-state index contributed by atoms with van der Waals surface area (Å²) in [5.41, 5.74) is -0.228. The molecule has 2 unspecified atom stereocenters. The summed E-state index contributed by atoms with van der Waals surface area (Å²) in [6.07, 6.45) is -1.88. The zero-order valence-corrected chi connectivity index (χ0v) is 11.2. The van der Waals surface area contributed by atoms with E-state index in [4.69, 9.17) is 0 Å². The summed E-state index contributed by atoms with van der Waals surface area (Å²) in [5, 5.41) is 12.7. The van der Waals surface area contributed by atoms with E-state index in [-0.39, 0.29) is 23.0 Å². The van der Waals surface area contributed by atoms with Crippen LogP contribution >= 0.6 is 0 Å². The summed E-state index contributed by atoms with van der Waals surface area (Å²) < 4.78 is 42.8. The first-order valence-corrected chi connectivity index (χ1v) is 6.66. The Morgan fingerprint density at radius 2 is 2.14 bits per heavy atom. The van der Waals surface area contributed by atoms with Crippen LogP contribution in [0.5, 0.6) is 0 Å². The smallest absolute Gasteiger partial charge is 0.393 e. The molecule has 2 aromatic rings. The molecule has 0 amide bonds. The van der Waals surface area contributed by atoms with E-state index in [1.54, 1.807) is 0 Å². The normalized spacial score (nSPS) is 22.2. The second-order valence-electron chi connectivity index (χ2n) is 5.20. The van der Waals surface area contributed by atoms with Gasteiger partial charge in [0.15, 0.2) is 0 Å². The van der Waals surface area contributed by atoms with Gasteiger partial charge >= 0.3 is 12.1 Å². The molecule has 2 aromatic heterocycles. The van der Waals surface area contributed by atoms with Crippen LogP contribution in [0.2, 0.25) is 0 Å². The molecular formula is C13H12F3N3O3. The topological polar surface area (TPSA) is 81.2 Å². The average molecular weight is 315 g/mol. The maximum Gasteiger partial charge on any atom is 0.471 e. The third-order valence-corrected chi connectivity index (χ3v) is 3.65. The molecule has 0 saturated heterocycles. The van der Waals surface area contributed by atoms with Crippen molar-refractivity contribution in [3.63, 3.8) is 0 Å². The SMILES string of the molecule is O=c1cc(-c2noc(C(F)(F)F)n2)ccn1C1CCC(O)C1. The van der Waals surface area contributed by atoms with Crippen molar-refractivity contribution >= 4 is 0 Å². The van der Waals surface area contributed by atoms with Gasteiger partial charge in [0, 0.05) is 23.9 Å². The van der Waals surface area contributed by atoms with Gasteiger partial charge in [-0.05, 0) is 25.3 Å². The number of halogens is 3. The molecule has 118 valence electrons. The summed E-state index contributed by atoms with van der Waals surface area (Å²) in [4.78, 5) is 15.3. The Kier molecular flexibility index (Phi) is 3.51. The monoisotopic (exact) mass is 315 g/mol. The van der Waals surface area contributed by atoms with Crippen molar-refractivity contribution in [2.45, 2.75) is 37.6 Å². The average Bonchev–Trinajstić information content (AvgIpc) is 3.06. The highest BCUT2D eigenvalue weighted by molar-refractivity contribution is 5.52. The first kappa shape index (κ1) is 14.8. The molecule has 0 aliphatic heterocycles. The molecule has 0 bridgehead atoms. The lowest BCUT2D eigenvalue weighted by Crippen LogP contribution is -2.22. The van der Waals surface area contributed by atoms with Crippen LogP contribution in [0, 0.1) is 0 Å². The number of aliphatic hydroxyl groups is 1. The highest BCUT2D eigenvalue weighted by Gasteiger charge is 2.38. The van der Waals surface area contributed by atoms with Gasteiger partial charge in [-0.15, -0.1) is 0 Å². The number of aliphatic hydroxyl groups excluding tert-OH is 1. The third kappa shape index (κ3) is 2.76. The van der Waals surface area contributed by atoms with Crippen LogP contribution in [-0.4, -0.2) is 25.9 Å². The summed E-state index contributed by atoms with van der Waals surface area (Å²) in [6.45, 7) is 0.